The largest absolute Gasteiger partial charge is 0.342 e. The first-order valence-corrected chi connectivity index (χ1v) is 9.71. The highest BCUT2D eigenvalue weighted by atomic mass is 19.1. The second-order valence-corrected chi connectivity index (χ2v) is 7.62. The summed E-state index contributed by atoms with van der Waals surface area (Å²) in [5, 5.41) is 0. The summed E-state index contributed by atoms with van der Waals surface area (Å²) in [4.78, 5) is 21.4. The van der Waals surface area contributed by atoms with Crippen LogP contribution in [0.5, 0.6) is 0 Å². The van der Waals surface area contributed by atoms with Crippen LogP contribution >= 0.6 is 0 Å². The molecule has 0 radical (unpaired) electrons. The monoisotopic (exact) mass is 372 g/mol. The molecule has 27 heavy (non-hydrogen) atoms. The Morgan fingerprint density at radius 2 is 2.07 bits per heavy atom. The normalized spacial score (nSPS) is 17.5. The van der Waals surface area contributed by atoms with Crippen LogP contribution in [-0.2, 0) is 17.8 Å². The highest BCUT2D eigenvalue weighted by Gasteiger charge is 2.27. The van der Waals surface area contributed by atoms with Crippen molar-refractivity contribution in [3.8, 4) is 0 Å². The van der Waals surface area contributed by atoms with Crippen LogP contribution in [-0.4, -0.2) is 59.0 Å². The van der Waals surface area contributed by atoms with Crippen LogP contribution in [0.3, 0.4) is 0 Å². The molecule has 3 rings (SSSR count). The fraction of sp³-hybridized carbons (Fsp3) is 0.524. The third-order valence-electron chi connectivity index (χ3n) is 5.16. The van der Waals surface area contributed by atoms with E-state index in [-0.39, 0.29) is 17.6 Å². The average Bonchev–Trinajstić information content (AvgIpc) is 3.12. The minimum absolute atomic E-state index is 0.108. The third-order valence-corrected chi connectivity index (χ3v) is 5.16. The number of benzene rings is 1. The number of hydrogen-bond donors (Lipinski definition) is 0. The van der Waals surface area contributed by atoms with Crippen LogP contribution in [0.15, 0.2) is 36.7 Å². The van der Waals surface area contributed by atoms with Gasteiger partial charge >= 0.3 is 0 Å². The smallest absolute Gasteiger partial charge is 0.227 e. The van der Waals surface area contributed by atoms with Gasteiger partial charge in [0.2, 0.25) is 5.91 Å². The van der Waals surface area contributed by atoms with Crippen molar-refractivity contribution < 1.29 is 9.18 Å². The topological polar surface area (TPSA) is 41.4 Å². The van der Waals surface area contributed by atoms with E-state index in [9.17, 15) is 9.18 Å². The standard InChI is InChI=1S/C21H29FN4O/c1-24(2)11-4-13-25-14-10-23-21(25)18-5-3-12-26(16-18)20(27)15-17-6-8-19(22)9-7-17/h6-10,14,18H,3-5,11-13,15-16H2,1-2H3. The van der Waals surface area contributed by atoms with Gasteiger partial charge in [-0.15, -0.1) is 0 Å². The second kappa shape index (κ2) is 9.13. The minimum atomic E-state index is -0.273. The summed E-state index contributed by atoms with van der Waals surface area (Å²) in [6.07, 6.45) is 7.37. The second-order valence-electron chi connectivity index (χ2n) is 7.62. The van der Waals surface area contributed by atoms with E-state index in [2.05, 4.69) is 28.5 Å². The van der Waals surface area contributed by atoms with E-state index in [1.54, 1.807) is 12.1 Å². The van der Waals surface area contributed by atoms with Crippen LogP contribution in [0.1, 0.15) is 36.6 Å². The zero-order valence-corrected chi connectivity index (χ0v) is 16.3. The molecule has 146 valence electrons. The SMILES string of the molecule is CN(C)CCCn1ccnc1C1CCCN(C(=O)Cc2ccc(F)cc2)C1. The highest BCUT2D eigenvalue weighted by Crippen LogP contribution is 2.26. The molecule has 0 bridgehead atoms. The Hall–Kier alpha value is -2.21. The first-order chi connectivity index (χ1) is 13.0. The van der Waals surface area contributed by atoms with Crippen LogP contribution in [0.4, 0.5) is 4.39 Å². The number of piperidine rings is 1. The molecule has 0 aliphatic carbocycles. The maximum absolute atomic E-state index is 13.1. The lowest BCUT2D eigenvalue weighted by molar-refractivity contribution is -0.131. The molecule has 6 heteroatoms. The fourth-order valence-electron chi connectivity index (χ4n) is 3.73. The van der Waals surface area contributed by atoms with E-state index < -0.39 is 0 Å². The molecule has 1 fully saturated rings. The molecule has 1 aliphatic rings. The molecule has 1 aromatic heterocycles. The van der Waals surface area contributed by atoms with Crippen LogP contribution in [0.2, 0.25) is 0 Å². The lowest BCUT2D eigenvalue weighted by Gasteiger charge is -2.33. The molecule has 0 saturated carbocycles. The predicted octanol–water partition coefficient (Wildman–Crippen LogP) is 2.92. The number of hydrogen-bond acceptors (Lipinski definition) is 3. The van der Waals surface area contributed by atoms with E-state index in [1.165, 1.54) is 12.1 Å². The number of halogens is 1. The quantitative estimate of drug-likeness (QED) is 0.750. The van der Waals surface area contributed by atoms with Crippen molar-refractivity contribution in [2.75, 3.05) is 33.7 Å². The van der Waals surface area contributed by atoms with Gasteiger partial charge in [-0.05, 0) is 57.6 Å². The first-order valence-electron chi connectivity index (χ1n) is 9.71. The molecule has 1 saturated heterocycles. The Morgan fingerprint density at radius 3 is 2.81 bits per heavy atom. The molecule has 5 nitrogen and oxygen atoms in total. The molecule has 0 N–H and O–H groups in total. The zero-order chi connectivity index (χ0) is 19.2. The molecule has 1 atom stereocenters. The maximum Gasteiger partial charge on any atom is 0.227 e. The van der Waals surface area contributed by atoms with Gasteiger partial charge in [-0.2, -0.15) is 0 Å². The number of aryl methyl sites for hydroxylation is 1. The highest BCUT2D eigenvalue weighted by molar-refractivity contribution is 5.79. The van der Waals surface area contributed by atoms with Gasteiger partial charge in [-0.3, -0.25) is 4.79 Å². The molecule has 2 aromatic rings. The first kappa shape index (κ1) is 19.5. The summed E-state index contributed by atoms with van der Waals surface area (Å²) < 4.78 is 15.3. The Bertz CT molecular complexity index is 741. The van der Waals surface area contributed by atoms with Crippen LogP contribution in [0.25, 0.3) is 0 Å². The number of carbonyl (C=O) groups is 1. The molecule has 1 amide bonds. The molecular weight excluding hydrogens is 343 g/mol. The van der Waals surface area contributed by atoms with E-state index in [0.29, 0.717) is 13.0 Å². The van der Waals surface area contributed by atoms with Gasteiger partial charge in [0.1, 0.15) is 11.6 Å². The van der Waals surface area contributed by atoms with Gasteiger partial charge in [0.15, 0.2) is 0 Å². The van der Waals surface area contributed by atoms with E-state index >= 15 is 0 Å². The van der Waals surface area contributed by atoms with Crippen molar-refractivity contribution in [3.63, 3.8) is 0 Å². The van der Waals surface area contributed by atoms with Gasteiger partial charge in [-0.25, -0.2) is 9.37 Å². The molecule has 2 heterocycles. The number of nitrogens with zero attached hydrogens (tertiary/aromatic N) is 4. The van der Waals surface area contributed by atoms with Crippen molar-refractivity contribution in [2.24, 2.45) is 0 Å². The zero-order valence-electron chi connectivity index (χ0n) is 16.3. The Labute approximate surface area is 160 Å². The average molecular weight is 372 g/mol. The molecule has 1 aliphatic heterocycles. The summed E-state index contributed by atoms with van der Waals surface area (Å²) in [5.41, 5.74) is 0.855. The van der Waals surface area contributed by atoms with Gasteiger partial charge in [0.05, 0.1) is 6.42 Å². The number of likely N-dealkylation sites (tertiary alicyclic amines) is 1. The van der Waals surface area contributed by atoms with Crippen molar-refractivity contribution in [3.05, 3.63) is 53.9 Å². The number of carbonyl (C=O) groups excluding carboxylic acids is 1. The number of imidazole rings is 1. The predicted molar refractivity (Wildman–Crippen MR) is 104 cm³/mol. The third kappa shape index (κ3) is 5.39. The van der Waals surface area contributed by atoms with E-state index in [1.807, 2.05) is 17.3 Å². The van der Waals surface area contributed by atoms with Gasteiger partial charge < -0.3 is 14.4 Å². The van der Waals surface area contributed by atoms with E-state index in [0.717, 1.165) is 50.3 Å². The lowest BCUT2D eigenvalue weighted by Crippen LogP contribution is -2.40. The summed E-state index contributed by atoms with van der Waals surface area (Å²) in [6.45, 7) is 3.50. The lowest BCUT2D eigenvalue weighted by atomic mass is 9.96. The number of amides is 1. The van der Waals surface area contributed by atoms with Crippen molar-refractivity contribution in [1.82, 2.24) is 19.4 Å². The van der Waals surface area contributed by atoms with Crippen LogP contribution in [0, 0.1) is 5.82 Å². The van der Waals surface area contributed by atoms with Gasteiger partial charge in [-0.1, -0.05) is 12.1 Å². The Morgan fingerprint density at radius 1 is 1.30 bits per heavy atom. The summed E-state index contributed by atoms with van der Waals surface area (Å²) in [7, 11) is 4.17. The molecule has 1 aromatic carbocycles. The van der Waals surface area contributed by atoms with Crippen molar-refractivity contribution in [2.45, 2.75) is 38.1 Å². The number of aromatic nitrogens is 2. The molecule has 0 spiro atoms. The van der Waals surface area contributed by atoms with Crippen LogP contribution < -0.4 is 0 Å². The van der Waals surface area contributed by atoms with Gasteiger partial charge in [0.25, 0.3) is 0 Å². The maximum atomic E-state index is 13.1. The minimum Gasteiger partial charge on any atom is -0.342 e. The number of rotatable bonds is 7. The Balaban J connectivity index is 1.60. The summed E-state index contributed by atoms with van der Waals surface area (Å²) in [5.74, 6) is 1.21. The Kier molecular flexibility index (Phi) is 6.61. The van der Waals surface area contributed by atoms with Crippen molar-refractivity contribution >= 4 is 5.91 Å². The summed E-state index contributed by atoms with van der Waals surface area (Å²) in [6, 6.07) is 6.19. The summed E-state index contributed by atoms with van der Waals surface area (Å²) >= 11 is 0. The molecular formula is C21H29FN4O. The molecule has 1 unspecified atom stereocenters. The van der Waals surface area contributed by atoms with Crippen molar-refractivity contribution in [1.29, 1.82) is 0 Å². The van der Waals surface area contributed by atoms with E-state index in [4.69, 9.17) is 0 Å². The fourth-order valence-corrected chi connectivity index (χ4v) is 3.73. The van der Waals surface area contributed by atoms with Gasteiger partial charge in [0, 0.05) is 37.9 Å².